The Bertz CT molecular complexity index is 299. The van der Waals surface area contributed by atoms with Gasteiger partial charge in [0.2, 0.25) is 5.91 Å². The van der Waals surface area contributed by atoms with Gasteiger partial charge in [-0.3, -0.25) is 9.79 Å². The maximum Gasteiger partial charge on any atom is 0.222 e. The summed E-state index contributed by atoms with van der Waals surface area (Å²) in [6, 6.07) is 0. The first kappa shape index (κ1) is 13.9. The number of carbonyl (C=O) groups excluding carboxylic acids is 1. The van der Waals surface area contributed by atoms with Gasteiger partial charge in [0, 0.05) is 24.6 Å². The number of amides is 1. The Labute approximate surface area is 104 Å². The molecule has 0 unspecified atom stereocenters. The molecule has 0 heterocycles. The summed E-state index contributed by atoms with van der Waals surface area (Å²) < 4.78 is 0. The lowest BCUT2D eigenvalue weighted by atomic mass is 9.79. The second-order valence-corrected chi connectivity index (χ2v) is 5.16. The smallest absolute Gasteiger partial charge is 0.222 e. The van der Waals surface area contributed by atoms with Crippen LogP contribution in [0.2, 0.25) is 0 Å². The highest BCUT2D eigenvalue weighted by molar-refractivity contribution is 5.78. The second kappa shape index (κ2) is 6.58. The molecule has 1 aliphatic carbocycles. The van der Waals surface area contributed by atoms with Gasteiger partial charge in [0.05, 0.1) is 0 Å². The third-order valence-corrected chi connectivity index (χ3v) is 3.45. The number of allylic oxidation sites excluding steroid dienone is 2. The van der Waals surface area contributed by atoms with Crippen LogP contribution in [0, 0.1) is 17.8 Å². The Hall–Kier alpha value is -1.12. The molecular weight excluding hydrogens is 212 g/mol. The molecule has 1 N–H and O–H groups in total. The van der Waals surface area contributed by atoms with E-state index in [1.165, 1.54) is 0 Å². The third kappa shape index (κ3) is 3.99. The van der Waals surface area contributed by atoms with Crippen molar-refractivity contribution in [3.8, 4) is 0 Å². The molecule has 0 atom stereocenters. The quantitative estimate of drug-likeness (QED) is 0.749. The molecule has 1 saturated carbocycles. The van der Waals surface area contributed by atoms with E-state index in [1.807, 2.05) is 0 Å². The van der Waals surface area contributed by atoms with Crippen molar-refractivity contribution >= 4 is 12.6 Å². The largest absolute Gasteiger partial charge is 0.359 e. The van der Waals surface area contributed by atoms with Crippen LogP contribution >= 0.6 is 0 Å². The molecule has 1 fully saturated rings. The Morgan fingerprint density at radius 2 is 1.82 bits per heavy atom. The lowest BCUT2D eigenvalue weighted by Crippen LogP contribution is -2.30. The fourth-order valence-corrected chi connectivity index (χ4v) is 2.51. The van der Waals surface area contributed by atoms with Crippen molar-refractivity contribution in [1.82, 2.24) is 5.32 Å². The van der Waals surface area contributed by atoms with Crippen molar-refractivity contribution in [3.05, 3.63) is 11.8 Å². The molecule has 17 heavy (non-hydrogen) atoms. The number of rotatable bonds is 4. The Morgan fingerprint density at radius 1 is 1.29 bits per heavy atom. The van der Waals surface area contributed by atoms with Gasteiger partial charge in [-0.2, -0.15) is 0 Å². The monoisotopic (exact) mass is 236 g/mol. The minimum Gasteiger partial charge on any atom is -0.359 e. The van der Waals surface area contributed by atoms with Crippen molar-refractivity contribution in [2.24, 2.45) is 22.7 Å². The van der Waals surface area contributed by atoms with Gasteiger partial charge in [0.1, 0.15) is 0 Å². The summed E-state index contributed by atoms with van der Waals surface area (Å²) >= 11 is 0. The molecule has 1 amide bonds. The standard InChI is InChI=1S/C14H24N2O/c1-10(2)9-13(15-3)11-5-7-12(8-6-11)14(17)16-4/h9-12H,3,5-8H2,1-2,4H3,(H,16,17)/b13-9-. The third-order valence-electron chi connectivity index (χ3n) is 3.45. The number of carbonyl (C=O) groups is 1. The van der Waals surface area contributed by atoms with Crippen LogP contribution in [0.25, 0.3) is 0 Å². The van der Waals surface area contributed by atoms with Crippen molar-refractivity contribution in [1.29, 1.82) is 0 Å². The average molecular weight is 236 g/mol. The first-order valence-corrected chi connectivity index (χ1v) is 6.48. The molecule has 0 spiro atoms. The fraction of sp³-hybridized carbons (Fsp3) is 0.714. The highest BCUT2D eigenvalue weighted by Gasteiger charge is 2.27. The molecule has 96 valence electrons. The molecule has 0 bridgehead atoms. The SMILES string of the molecule is C=N/C(=C\C(C)C)C1CCC(C(=O)NC)CC1. The maximum absolute atomic E-state index is 11.5. The van der Waals surface area contributed by atoms with E-state index >= 15 is 0 Å². The van der Waals surface area contributed by atoms with E-state index in [-0.39, 0.29) is 11.8 Å². The van der Waals surface area contributed by atoms with Crippen molar-refractivity contribution in [2.75, 3.05) is 7.05 Å². The van der Waals surface area contributed by atoms with Crippen molar-refractivity contribution < 1.29 is 4.79 Å². The van der Waals surface area contributed by atoms with Gasteiger partial charge in [-0.05, 0) is 38.3 Å². The van der Waals surface area contributed by atoms with E-state index in [1.54, 1.807) is 7.05 Å². The molecular formula is C14H24N2O. The predicted octanol–water partition coefficient (Wildman–Crippen LogP) is 2.78. The van der Waals surface area contributed by atoms with Crippen LogP contribution in [-0.2, 0) is 4.79 Å². The van der Waals surface area contributed by atoms with Crippen molar-refractivity contribution in [2.45, 2.75) is 39.5 Å². The number of hydrogen-bond acceptors (Lipinski definition) is 2. The Kier molecular flexibility index (Phi) is 5.39. The Morgan fingerprint density at radius 3 is 2.24 bits per heavy atom. The zero-order chi connectivity index (χ0) is 12.8. The summed E-state index contributed by atoms with van der Waals surface area (Å²) in [6.45, 7) is 7.97. The van der Waals surface area contributed by atoms with E-state index in [2.05, 4.69) is 37.0 Å². The van der Waals surface area contributed by atoms with Gasteiger partial charge >= 0.3 is 0 Å². The molecule has 0 aromatic carbocycles. The van der Waals surface area contributed by atoms with Crippen LogP contribution in [0.1, 0.15) is 39.5 Å². The van der Waals surface area contributed by atoms with Crippen LogP contribution < -0.4 is 5.32 Å². The van der Waals surface area contributed by atoms with E-state index in [4.69, 9.17) is 0 Å². The molecule has 0 saturated heterocycles. The summed E-state index contributed by atoms with van der Waals surface area (Å²) in [5, 5.41) is 2.74. The molecule has 1 rings (SSSR count). The Balaban J connectivity index is 2.56. The van der Waals surface area contributed by atoms with Gasteiger partial charge in [-0.1, -0.05) is 19.9 Å². The summed E-state index contributed by atoms with van der Waals surface area (Å²) in [6.07, 6.45) is 6.23. The van der Waals surface area contributed by atoms with Gasteiger partial charge in [-0.15, -0.1) is 0 Å². The summed E-state index contributed by atoms with van der Waals surface area (Å²) in [7, 11) is 1.71. The number of hydrogen-bond donors (Lipinski definition) is 1. The summed E-state index contributed by atoms with van der Waals surface area (Å²) in [4.78, 5) is 15.7. The van der Waals surface area contributed by atoms with E-state index in [9.17, 15) is 4.79 Å². The number of nitrogens with one attached hydrogen (secondary N) is 1. The van der Waals surface area contributed by atoms with Crippen LogP contribution in [0.15, 0.2) is 16.8 Å². The lowest BCUT2D eigenvalue weighted by molar-refractivity contribution is -0.125. The van der Waals surface area contributed by atoms with Crippen LogP contribution in [0.3, 0.4) is 0 Å². The van der Waals surface area contributed by atoms with Gasteiger partial charge in [0.15, 0.2) is 0 Å². The van der Waals surface area contributed by atoms with Gasteiger partial charge < -0.3 is 5.32 Å². The molecule has 3 nitrogen and oxygen atoms in total. The number of aliphatic imine (C=N–C) groups is 1. The number of nitrogens with zero attached hydrogens (tertiary/aromatic N) is 1. The minimum atomic E-state index is 0.185. The minimum absolute atomic E-state index is 0.185. The van der Waals surface area contributed by atoms with Crippen molar-refractivity contribution in [3.63, 3.8) is 0 Å². The van der Waals surface area contributed by atoms with Crippen LogP contribution in [0.4, 0.5) is 0 Å². The van der Waals surface area contributed by atoms with Crippen LogP contribution in [-0.4, -0.2) is 19.7 Å². The second-order valence-electron chi connectivity index (χ2n) is 5.16. The van der Waals surface area contributed by atoms with E-state index in [0.29, 0.717) is 11.8 Å². The zero-order valence-electron chi connectivity index (χ0n) is 11.2. The lowest BCUT2D eigenvalue weighted by Gasteiger charge is -2.27. The highest BCUT2D eigenvalue weighted by atomic mass is 16.1. The zero-order valence-corrected chi connectivity index (χ0v) is 11.2. The summed E-state index contributed by atoms with van der Waals surface area (Å²) in [5.74, 6) is 1.38. The topological polar surface area (TPSA) is 41.5 Å². The molecule has 0 aromatic heterocycles. The first-order chi connectivity index (χ1) is 8.08. The van der Waals surface area contributed by atoms with Crippen LogP contribution in [0.5, 0.6) is 0 Å². The average Bonchev–Trinajstić information content (AvgIpc) is 2.35. The summed E-state index contributed by atoms with van der Waals surface area (Å²) in [5.41, 5.74) is 1.12. The van der Waals surface area contributed by atoms with E-state index in [0.717, 1.165) is 31.4 Å². The first-order valence-electron chi connectivity index (χ1n) is 6.48. The van der Waals surface area contributed by atoms with Gasteiger partial charge in [0.25, 0.3) is 0 Å². The molecule has 3 heteroatoms. The molecule has 0 aliphatic heterocycles. The normalized spacial score (nSPS) is 25.8. The highest BCUT2D eigenvalue weighted by Crippen LogP contribution is 2.34. The maximum atomic E-state index is 11.5. The molecule has 1 aliphatic rings. The van der Waals surface area contributed by atoms with Gasteiger partial charge in [-0.25, -0.2) is 0 Å². The predicted molar refractivity (Wildman–Crippen MR) is 72.0 cm³/mol. The van der Waals surface area contributed by atoms with E-state index < -0.39 is 0 Å². The fourth-order valence-electron chi connectivity index (χ4n) is 2.51. The molecule has 0 aromatic rings. The molecule has 0 radical (unpaired) electrons.